The Kier molecular flexibility index (Phi) is 2.28. The third-order valence-electron chi connectivity index (χ3n) is 3.46. The third kappa shape index (κ3) is 1.35. The van der Waals surface area contributed by atoms with Crippen LogP contribution in [0, 0.1) is 17.8 Å². The summed E-state index contributed by atoms with van der Waals surface area (Å²) in [5.74, 6) is 1.09. The Morgan fingerprint density at radius 2 is 2.08 bits per heavy atom. The molecule has 0 saturated heterocycles. The SMILES string of the molecule is COC(=O)[C@H]1[C@@H]2CCC[C@H](OC)[C@@H]21. The fourth-order valence-electron chi connectivity index (χ4n) is 2.77. The highest BCUT2D eigenvalue weighted by Crippen LogP contribution is 2.56. The first-order valence-electron chi connectivity index (χ1n) is 4.90. The molecular formula is C10H16O3. The van der Waals surface area contributed by atoms with Gasteiger partial charge in [0.25, 0.3) is 0 Å². The van der Waals surface area contributed by atoms with Crippen LogP contribution in [0.15, 0.2) is 0 Å². The van der Waals surface area contributed by atoms with Crippen molar-refractivity contribution in [3.63, 3.8) is 0 Å². The van der Waals surface area contributed by atoms with Crippen molar-refractivity contribution in [3.05, 3.63) is 0 Å². The lowest BCUT2D eigenvalue weighted by Crippen LogP contribution is -2.19. The van der Waals surface area contributed by atoms with Gasteiger partial charge in [0, 0.05) is 13.0 Å². The van der Waals surface area contributed by atoms with Crippen molar-refractivity contribution < 1.29 is 14.3 Å². The molecule has 2 fully saturated rings. The largest absolute Gasteiger partial charge is 0.469 e. The van der Waals surface area contributed by atoms with Crippen molar-refractivity contribution in [2.75, 3.05) is 14.2 Å². The summed E-state index contributed by atoms with van der Waals surface area (Å²) in [5.41, 5.74) is 0. The van der Waals surface area contributed by atoms with Gasteiger partial charge in [-0.3, -0.25) is 4.79 Å². The number of hydrogen-bond acceptors (Lipinski definition) is 3. The van der Waals surface area contributed by atoms with Crippen molar-refractivity contribution >= 4 is 5.97 Å². The molecule has 0 aromatic heterocycles. The van der Waals surface area contributed by atoms with Gasteiger partial charge in [0.1, 0.15) is 0 Å². The normalized spacial score (nSPS) is 42.3. The van der Waals surface area contributed by atoms with E-state index in [1.54, 1.807) is 7.11 Å². The number of esters is 1. The molecule has 4 atom stereocenters. The van der Waals surface area contributed by atoms with Crippen LogP contribution in [-0.2, 0) is 14.3 Å². The van der Waals surface area contributed by atoms with Crippen LogP contribution in [0.2, 0.25) is 0 Å². The Balaban J connectivity index is 2.00. The van der Waals surface area contributed by atoms with Gasteiger partial charge in [-0.2, -0.15) is 0 Å². The second-order valence-corrected chi connectivity index (χ2v) is 4.00. The first-order chi connectivity index (χ1) is 6.29. The Morgan fingerprint density at radius 3 is 2.69 bits per heavy atom. The van der Waals surface area contributed by atoms with Crippen molar-refractivity contribution in [3.8, 4) is 0 Å². The second-order valence-electron chi connectivity index (χ2n) is 4.00. The molecule has 13 heavy (non-hydrogen) atoms. The molecule has 0 heterocycles. The highest BCUT2D eigenvalue weighted by molar-refractivity contribution is 5.76. The fraction of sp³-hybridized carbons (Fsp3) is 0.900. The molecule has 0 aromatic carbocycles. The summed E-state index contributed by atoms with van der Waals surface area (Å²) in [4.78, 5) is 11.3. The first-order valence-corrected chi connectivity index (χ1v) is 4.90. The van der Waals surface area contributed by atoms with E-state index in [4.69, 9.17) is 9.47 Å². The molecule has 0 unspecified atom stereocenters. The van der Waals surface area contributed by atoms with E-state index >= 15 is 0 Å². The average Bonchev–Trinajstić information content (AvgIpc) is 2.90. The van der Waals surface area contributed by atoms with Crippen molar-refractivity contribution in [1.29, 1.82) is 0 Å². The van der Waals surface area contributed by atoms with Gasteiger partial charge in [0.2, 0.25) is 0 Å². The van der Waals surface area contributed by atoms with Crippen molar-refractivity contribution in [1.82, 2.24) is 0 Å². The van der Waals surface area contributed by atoms with Gasteiger partial charge >= 0.3 is 5.97 Å². The van der Waals surface area contributed by atoms with Gasteiger partial charge in [-0.25, -0.2) is 0 Å². The number of carbonyl (C=O) groups excluding carboxylic acids is 1. The topological polar surface area (TPSA) is 35.5 Å². The lowest BCUT2D eigenvalue weighted by atomic mass is 9.98. The van der Waals surface area contributed by atoms with Gasteiger partial charge < -0.3 is 9.47 Å². The van der Waals surface area contributed by atoms with E-state index < -0.39 is 0 Å². The monoisotopic (exact) mass is 184 g/mol. The number of carbonyl (C=O) groups is 1. The minimum absolute atomic E-state index is 0.0426. The quantitative estimate of drug-likeness (QED) is 0.605. The van der Waals surface area contributed by atoms with Gasteiger partial charge in [-0.15, -0.1) is 0 Å². The smallest absolute Gasteiger partial charge is 0.309 e. The standard InChI is InChI=1S/C10H16O3/c1-12-7-5-3-4-6-8(7)9(6)10(11)13-2/h6-9H,3-5H2,1-2H3/t6-,7+,8-,9+/m1/s1. The highest BCUT2D eigenvalue weighted by atomic mass is 16.5. The van der Waals surface area contributed by atoms with Crippen LogP contribution >= 0.6 is 0 Å². The molecule has 74 valence electrons. The summed E-state index contributed by atoms with van der Waals surface area (Å²) < 4.78 is 10.1. The highest BCUT2D eigenvalue weighted by Gasteiger charge is 2.60. The van der Waals surface area contributed by atoms with Crippen LogP contribution < -0.4 is 0 Å². The van der Waals surface area contributed by atoms with Crippen molar-refractivity contribution in [2.45, 2.75) is 25.4 Å². The van der Waals surface area contributed by atoms with E-state index in [0.29, 0.717) is 17.9 Å². The Bertz CT molecular complexity index is 214. The number of fused-ring (bicyclic) bond motifs is 1. The molecule has 3 nitrogen and oxygen atoms in total. The van der Waals surface area contributed by atoms with E-state index in [2.05, 4.69) is 0 Å². The number of methoxy groups -OCH3 is 2. The summed E-state index contributed by atoms with van der Waals surface area (Å²) in [7, 11) is 3.20. The lowest BCUT2D eigenvalue weighted by molar-refractivity contribution is -0.143. The Morgan fingerprint density at radius 1 is 1.31 bits per heavy atom. The first kappa shape index (κ1) is 9.00. The molecule has 0 amide bonds. The van der Waals surface area contributed by atoms with Crippen LogP contribution in [0.4, 0.5) is 0 Å². The molecule has 2 aliphatic rings. The second kappa shape index (κ2) is 3.29. The Labute approximate surface area is 78.4 Å². The van der Waals surface area contributed by atoms with Crippen molar-refractivity contribution in [2.24, 2.45) is 17.8 Å². The molecule has 0 radical (unpaired) electrons. The molecule has 0 aromatic rings. The van der Waals surface area contributed by atoms with Crippen LogP contribution in [0.1, 0.15) is 19.3 Å². The van der Waals surface area contributed by atoms with Gasteiger partial charge in [0.05, 0.1) is 19.1 Å². The predicted molar refractivity (Wildman–Crippen MR) is 47.1 cm³/mol. The van der Waals surface area contributed by atoms with E-state index in [0.717, 1.165) is 6.42 Å². The van der Waals surface area contributed by atoms with Crippen LogP contribution in [0.5, 0.6) is 0 Å². The fourth-order valence-corrected chi connectivity index (χ4v) is 2.77. The van der Waals surface area contributed by atoms with Gasteiger partial charge in [0.15, 0.2) is 0 Å². The number of rotatable bonds is 2. The molecule has 3 heteroatoms. The summed E-state index contributed by atoms with van der Waals surface area (Å²) >= 11 is 0. The van der Waals surface area contributed by atoms with Crippen LogP contribution in [-0.4, -0.2) is 26.3 Å². The maximum Gasteiger partial charge on any atom is 0.309 e. The number of hydrogen-bond donors (Lipinski definition) is 0. The molecule has 0 N–H and O–H groups in total. The predicted octanol–water partition coefficient (Wildman–Crippen LogP) is 1.22. The van der Waals surface area contributed by atoms with Gasteiger partial charge in [-0.05, 0) is 18.8 Å². The van der Waals surface area contributed by atoms with Gasteiger partial charge in [-0.1, -0.05) is 6.42 Å². The zero-order valence-corrected chi connectivity index (χ0v) is 8.16. The zero-order chi connectivity index (χ0) is 9.42. The van der Waals surface area contributed by atoms with Crippen LogP contribution in [0.3, 0.4) is 0 Å². The summed E-state index contributed by atoms with van der Waals surface area (Å²) in [5, 5.41) is 0. The molecule has 0 spiro atoms. The molecular weight excluding hydrogens is 168 g/mol. The molecule has 0 aliphatic heterocycles. The minimum atomic E-state index is -0.0426. The zero-order valence-electron chi connectivity index (χ0n) is 8.16. The van der Waals surface area contributed by atoms with E-state index in [1.165, 1.54) is 20.0 Å². The number of ether oxygens (including phenoxy) is 2. The minimum Gasteiger partial charge on any atom is -0.469 e. The molecule has 2 saturated carbocycles. The average molecular weight is 184 g/mol. The van der Waals surface area contributed by atoms with E-state index in [-0.39, 0.29) is 11.9 Å². The molecule has 2 rings (SSSR count). The molecule has 0 bridgehead atoms. The summed E-state index contributed by atoms with van der Waals surface area (Å²) in [6.07, 6.45) is 3.76. The van der Waals surface area contributed by atoms with Crippen LogP contribution in [0.25, 0.3) is 0 Å². The third-order valence-corrected chi connectivity index (χ3v) is 3.46. The maximum absolute atomic E-state index is 11.3. The van der Waals surface area contributed by atoms with E-state index in [1.807, 2.05) is 0 Å². The lowest BCUT2D eigenvalue weighted by Gasteiger charge is -2.18. The molecule has 2 aliphatic carbocycles. The summed E-state index contributed by atoms with van der Waals surface area (Å²) in [6.45, 7) is 0. The maximum atomic E-state index is 11.3. The summed E-state index contributed by atoms with van der Waals surface area (Å²) in [6, 6.07) is 0. The van der Waals surface area contributed by atoms with E-state index in [9.17, 15) is 4.79 Å². The Hall–Kier alpha value is -0.570.